The molecule has 0 atom stereocenters. The lowest BCUT2D eigenvalue weighted by atomic mass is 9.94. The third-order valence-corrected chi connectivity index (χ3v) is 4.71. The van der Waals surface area contributed by atoms with E-state index in [4.69, 9.17) is 10.5 Å². The van der Waals surface area contributed by atoms with E-state index in [0.717, 1.165) is 22.3 Å². The molecule has 2 N–H and O–H groups in total. The largest absolute Gasteiger partial charge is 0.465 e. The zero-order chi connectivity index (χ0) is 21.1. The van der Waals surface area contributed by atoms with Crippen molar-refractivity contribution in [3.8, 4) is 27.9 Å². The Morgan fingerprint density at radius 2 is 1.60 bits per heavy atom. The van der Waals surface area contributed by atoms with E-state index in [1.807, 2.05) is 60.7 Å². The van der Waals surface area contributed by atoms with Gasteiger partial charge in [-0.05, 0) is 46.5 Å². The number of methoxy groups -OCH3 is 1. The Bertz CT molecular complexity index is 1230. The first-order valence-electron chi connectivity index (χ1n) is 9.17. The summed E-state index contributed by atoms with van der Waals surface area (Å²) < 4.78 is 6.18. The van der Waals surface area contributed by atoms with Crippen molar-refractivity contribution in [2.24, 2.45) is 5.73 Å². The van der Waals surface area contributed by atoms with Gasteiger partial charge in [0.15, 0.2) is 0 Å². The van der Waals surface area contributed by atoms with E-state index in [2.05, 4.69) is 10.1 Å². The van der Waals surface area contributed by atoms with Gasteiger partial charge in [-0.1, -0.05) is 48.5 Å². The predicted octanol–water partition coefficient (Wildman–Crippen LogP) is 3.49. The van der Waals surface area contributed by atoms with Crippen LogP contribution in [0.1, 0.15) is 21.0 Å². The molecule has 0 unspecified atom stereocenters. The fourth-order valence-electron chi connectivity index (χ4n) is 3.29. The van der Waals surface area contributed by atoms with Crippen molar-refractivity contribution in [1.29, 1.82) is 0 Å². The van der Waals surface area contributed by atoms with E-state index in [1.165, 1.54) is 18.1 Å². The summed E-state index contributed by atoms with van der Waals surface area (Å²) in [6.07, 6.45) is 1.30. The standard InChI is InChI=1S/C23H18N4O3/c1-30-23(29)16-11-9-15(10-12-16)19-7-2-3-8-20(19)17-5-4-6-18(13-17)27-22(21(24)28)25-14-26-27/h2-14H,1H3,(H2,24,28). The molecule has 0 aliphatic heterocycles. The number of nitrogens with two attached hydrogens (primary N) is 1. The normalized spacial score (nSPS) is 10.6. The second-order valence-corrected chi connectivity index (χ2v) is 6.52. The van der Waals surface area contributed by atoms with Gasteiger partial charge in [0, 0.05) is 0 Å². The van der Waals surface area contributed by atoms with Gasteiger partial charge in [0.05, 0.1) is 18.4 Å². The molecule has 0 spiro atoms. The first-order chi connectivity index (χ1) is 14.6. The molecule has 4 aromatic rings. The van der Waals surface area contributed by atoms with Crippen LogP contribution in [0.15, 0.2) is 79.1 Å². The Balaban J connectivity index is 1.77. The molecule has 3 aromatic carbocycles. The van der Waals surface area contributed by atoms with Crippen LogP contribution in [-0.4, -0.2) is 33.8 Å². The smallest absolute Gasteiger partial charge is 0.337 e. The number of rotatable bonds is 5. The molecular weight excluding hydrogens is 380 g/mol. The lowest BCUT2D eigenvalue weighted by Gasteiger charge is -2.12. The second-order valence-electron chi connectivity index (χ2n) is 6.52. The summed E-state index contributed by atoms with van der Waals surface area (Å²) >= 11 is 0. The Kier molecular flexibility index (Phi) is 5.09. The van der Waals surface area contributed by atoms with Crippen LogP contribution >= 0.6 is 0 Å². The molecule has 4 rings (SSSR count). The SMILES string of the molecule is COC(=O)c1ccc(-c2ccccc2-c2cccc(-n3ncnc3C(N)=O)c2)cc1. The topological polar surface area (TPSA) is 100 Å². The van der Waals surface area contributed by atoms with Crippen molar-refractivity contribution in [3.63, 3.8) is 0 Å². The van der Waals surface area contributed by atoms with E-state index >= 15 is 0 Å². The van der Waals surface area contributed by atoms with Crippen LogP contribution in [0, 0.1) is 0 Å². The maximum atomic E-state index is 11.7. The number of benzene rings is 3. The van der Waals surface area contributed by atoms with Gasteiger partial charge in [0.1, 0.15) is 6.33 Å². The number of hydrogen-bond acceptors (Lipinski definition) is 5. The number of hydrogen-bond donors (Lipinski definition) is 1. The fourth-order valence-corrected chi connectivity index (χ4v) is 3.29. The van der Waals surface area contributed by atoms with Crippen LogP contribution in [0.2, 0.25) is 0 Å². The van der Waals surface area contributed by atoms with Gasteiger partial charge >= 0.3 is 5.97 Å². The van der Waals surface area contributed by atoms with Crippen LogP contribution in [-0.2, 0) is 4.74 Å². The van der Waals surface area contributed by atoms with E-state index in [1.54, 1.807) is 12.1 Å². The van der Waals surface area contributed by atoms with Gasteiger partial charge < -0.3 is 10.5 Å². The number of carbonyl (C=O) groups excluding carboxylic acids is 2. The molecule has 1 heterocycles. The molecule has 148 valence electrons. The summed E-state index contributed by atoms with van der Waals surface area (Å²) in [4.78, 5) is 27.2. The summed E-state index contributed by atoms with van der Waals surface area (Å²) in [7, 11) is 1.36. The van der Waals surface area contributed by atoms with Crippen molar-refractivity contribution in [1.82, 2.24) is 14.8 Å². The minimum absolute atomic E-state index is 0.0684. The zero-order valence-corrected chi connectivity index (χ0v) is 16.1. The van der Waals surface area contributed by atoms with Crippen LogP contribution in [0.25, 0.3) is 27.9 Å². The van der Waals surface area contributed by atoms with Crippen LogP contribution < -0.4 is 5.73 Å². The molecule has 7 heteroatoms. The maximum absolute atomic E-state index is 11.7. The quantitative estimate of drug-likeness (QED) is 0.519. The van der Waals surface area contributed by atoms with Crippen LogP contribution in [0.3, 0.4) is 0 Å². The molecule has 0 aliphatic rings. The number of primary amides is 1. The predicted molar refractivity (Wildman–Crippen MR) is 112 cm³/mol. The summed E-state index contributed by atoms with van der Waals surface area (Å²) in [5, 5.41) is 4.12. The first-order valence-corrected chi connectivity index (χ1v) is 9.17. The number of nitrogens with zero attached hydrogens (tertiary/aromatic N) is 3. The Hall–Kier alpha value is -4.26. The number of esters is 1. The highest BCUT2D eigenvalue weighted by atomic mass is 16.5. The average molecular weight is 398 g/mol. The molecule has 0 saturated carbocycles. The van der Waals surface area contributed by atoms with Crippen molar-refractivity contribution < 1.29 is 14.3 Å². The Labute approximate surface area is 172 Å². The molecule has 7 nitrogen and oxygen atoms in total. The highest BCUT2D eigenvalue weighted by molar-refractivity contribution is 5.91. The summed E-state index contributed by atoms with van der Waals surface area (Å²) in [5.74, 6) is -0.955. The van der Waals surface area contributed by atoms with E-state index < -0.39 is 5.91 Å². The van der Waals surface area contributed by atoms with Gasteiger partial charge in [0.25, 0.3) is 5.91 Å². The number of carbonyl (C=O) groups is 2. The Morgan fingerprint density at radius 3 is 2.27 bits per heavy atom. The van der Waals surface area contributed by atoms with Crippen LogP contribution in [0.5, 0.6) is 0 Å². The highest BCUT2D eigenvalue weighted by Crippen LogP contribution is 2.33. The lowest BCUT2D eigenvalue weighted by Crippen LogP contribution is -2.18. The van der Waals surface area contributed by atoms with Crippen molar-refractivity contribution in [2.45, 2.75) is 0 Å². The molecule has 0 bridgehead atoms. The molecule has 0 fully saturated rings. The van der Waals surface area contributed by atoms with Crippen molar-refractivity contribution in [3.05, 3.63) is 90.5 Å². The number of ether oxygens (including phenoxy) is 1. The maximum Gasteiger partial charge on any atom is 0.337 e. The molecular formula is C23H18N4O3. The van der Waals surface area contributed by atoms with Crippen molar-refractivity contribution in [2.75, 3.05) is 7.11 Å². The Morgan fingerprint density at radius 1 is 0.900 bits per heavy atom. The third kappa shape index (κ3) is 3.56. The number of aromatic nitrogens is 3. The van der Waals surface area contributed by atoms with Crippen LogP contribution in [0.4, 0.5) is 0 Å². The summed E-state index contributed by atoms with van der Waals surface area (Å²) in [6, 6.07) is 22.8. The third-order valence-electron chi connectivity index (χ3n) is 4.71. The molecule has 0 aliphatic carbocycles. The van der Waals surface area contributed by atoms with Gasteiger partial charge in [-0.2, -0.15) is 5.10 Å². The number of amides is 1. The van der Waals surface area contributed by atoms with E-state index in [-0.39, 0.29) is 11.8 Å². The van der Waals surface area contributed by atoms with Crippen molar-refractivity contribution >= 4 is 11.9 Å². The van der Waals surface area contributed by atoms with E-state index in [0.29, 0.717) is 11.3 Å². The fraction of sp³-hybridized carbons (Fsp3) is 0.0435. The molecule has 1 aromatic heterocycles. The second kappa shape index (κ2) is 8.00. The minimum atomic E-state index is -0.649. The van der Waals surface area contributed by atoms with Gasteiger partial charge in [-0.15, -0.1) is 0 Å². The summed E-state index contributed by atoms with van der Waals surface area (Å²) in [5.41, 5.74) is 10.4. The molecule has 0 saturated heterocycles. The lowest BCUT2D eigenvalue weighted by molar-refractivity contribution is 0.0600. The summed E-state index contributed by atoms with van der Waals surface area (Å²) in [6.45, 7) is 0. The minimum Gasteiger partial charge on any atom is -0.465 e. The monoisotopic (exact) mass is 398 g/mol. The molecule has 30 heavy (non-hydrogen) atoms. The first kappa shape index (κ1) is 19.1. The zero-order valence-electron chi connectivity index (χ0n) is 16.1. The van der Waals surface area contributed by atoms with E-state index in [9.17, 15) is 9.59 Å². The highest BCUT2D eigenvalue weighted by Gasteiger charge is 2.14. The van der Waals surface area contributed by atoms with Gasteiger partial charge in [-0.3, -0.25) is 4.79 Å². The van der Waals surface area contributed by atoms with Gasteiger partial charge in [0.2, 0.25) is 5.82 Å². The molecule has 0 radical (unpaired) electrons. The van der Waals surface area contributed by atoms with Gasteiger partial charge in [-0.25, -0.2) is 14.5 Å². The molecule has 1 amide bonds. The average Bonchev–Trinajstić information content (AvgIpc) is 3.29.